The molecule has 116 valence electrons. The van der Waals surface area contributed by atoms with Crippen molar-refractivity contribution < 1.29 is 9.18 Å². The molecule has 1 fully saturated rings. The predicted molar refractivity (Wildman–Crippen MR) is 81.3 cm³/mol. The molecule has 1 amide bonds. The second-order valence-electron chi connectivity index (χ2n) is 5.60. The highest BCUT2D eigenvalue weighted by Crippen LogP contribution is 2.10. The van der Waals surface area contributed by atoms with E-state index in [9.17, 15) is 9.18 Å². The molecule has 1 aromatic carbocycles. The van der Waals surface area contributed by atoms with E-state index in [0.29, 0.717) is 12.5 Å². The monoisotopic (exact) mass is 302 g/mol. The van der Waals surface area contributed by atoms with E-state index in [2.05, 4.69) is 17.3 Å². The summed E-state index contributed by atoms with van der Waals surface area (Å²) in [5, 5.41) is 7.71. The average Bonchev–Trinajstić information content (AvgIpc) is 2.96. The summed E-state index contributed by atoms with van der Waals surface area (Å²) in [6.45, 7) is 4.37. The van der Waals surface area contributed by atoms with E-state index in [-0.39, 0.29) is 11.7 Å². The quantitative estimate of drug-likeness (QED) is 0.932. The normalized spacial score (nSPS) is 18.5. The minimum Gasteiger partial charge on any atom is -0.340 e. The maximum absolute atomic E-state index is 12.9. The molecule has 0 saturated carbocycles. The van der Waals surface area contributed by atoms with E-state index in [4.69, 9.17) is 0 Å². The standard InChI is InChI=1S/C16H19FN4O/c1-12-11-20(9-7-18-12)16(22)10-14-6-8-21(19-14)15-4-2-13(17)3-5-15/h2-6,8,12,18H,7,9-11H2,1H3/t12-/m0/s1. The highest BCUT2D eigenvalue weighted by atomic mass is 19.1. The van der Waals surface area contributed by atoms with Crippen LogP contribution in [-0.2, 0) is 11.2 Å². The van der Waals surface area contributed by atoms with E-state index in [1.165, 1.54) is 12.1 Å². The van der Waals surface area contributed by atoms with Crippen molar-refractivity contribution in [2.75, 3.05) is 19.6 Å². The van der Waals surface area contributed by atoms with Gasteiger partial charge in [0.1, 0.15) is 5.82 Å². The summed E-state index contributed by atoms with van der Waals surface area (Å²) < 4.78 is 14.6. The van der Waals surface area contributed by atoms with Gasteiger partial charge >= 0.3 is 0 Å². The molecule has 1 N–H and O–H groups in total. The van der Waals surface area contributed by atoms with Crippen LogP contribution in [0, 0.1) is 5.82 Å². The molecule has 0 radical (unpaired) electrons. The molecule has 1 aromatic heterocycles. The number of aromatic nitrogens is 2. The summed E-state index contributed by atoms with van der Waals surface area (Å²) in [7, 11) is 0. The Labute approximate surface area is 128 Å². The lowest BCUT2D eigenvalue weighted by molar-refractivity contribution is -0.131. The van der Waals surface area contributed by atoms with Crippen LogP contribution in [0.2, 0.25) is 0 Å². The van der Waals surface area contributed by atoms with Crippen LogP contribution in [0.3, 0.4) is 0 Å². The molecule has 6 heteroatoms. The number of nitrogens with zero attached hydrogens (tertiary/aromatic N) is 3. The molecule has 0 aliphatic carbocycles. The Morgan fingerprint density at radius 3 is 2.86 bits per heavy atom. The average molecular weight is 302 g/mol. The molecule has 5 nitrogen and oxygen atoms in total. The van der Waals surface area contributed by atoms with Crippen LogP contribution in [0.4, 0.5) is 4.39 Å². The van der Waals surface area contributed by atoms with Crippen molar-refractivity contribution in [1.29, 1.82) is 0 Å². The summed E-state index contributed by atoms with van der Waals surface area (Å²) in [5.74, 6) is -0.183. The van der Waals surface area contributed by atoms with Gasteiger partial charge in [0.15, 0.2) is 0 Å². The number of halogens is 1. The summed E-state index contributed by atoms with van der Waals surface area (Å²) in [5.41, 5.74) is 1.50. The van der Waals surface area contributed by atoms with E-state index in [0.717, 1.165) is 31.0 Å². The number of benzene rings is 1. The van der Waals surface area contributed by atoms with Crippen LogP contribution in [0.15, 0.2) is 36.5 Å². The fourth-order valence-corrected chi connectivity index (χ4v) is 2.62. The summed E-state index contributed by atoms with van der Waals surface area (Å²) >= 11 is 0. The van der Waals surface area contributed by atoms with Gasteiger partial charge in [-0.2, -0.15) is 5.10 Å². The van der Waals surface area contributed by atoms with E-state index >= 15 is 0 Å². The molecule has 1 atom stereocenters. The first-order valence-electron chi connectivity index (χ1n) is 7.43. The van der Waals surface area contributed by atoms with Gasteiger partial charge in [-0.3, -0.25) is 4.79 Å². The molecular formula is C16H19FN4O. The molecule has 22 heavy (non-hydrogen) atoms. The Balaban J connectivity index is 1.66. The van der Waals surface area contributed by atoms with E-state index in [1.54, 1.807) is 23.0 Å². The lowest BCUT2D eigenvalue weighted by Gasteiger charge is -2.31. The molecule has 2 aromatic rings. The number of nitrogens with one attached hydrogen (secondary N) is 1. The number of carbonyl (C=O) groups excluding carboxylic acids is 1. The zero-order valence-electron chi connectivity index (χ0n) is 12.5. The van der Waals surface area contributed by atoms with Crippen molar-refractivity contribution in [3.63, 3.8) is 0 Å². The predicted octanol–water partition coefficient (Wildman–Crippen LogP) is 1.37. The van der Waals surface area contributed by atoms with Gasteiger partial charge in [0.2, 0.25) is 5.91 Å². The summed E-state index contributed by atoms with van der Waals surface area (Å²) in [6, 6.07) is 8.26. The van der Waals surface area contributed by atoms with Crippen LogP contribution in [0.25, 0.3) is 5.69 Å². The smallest absolute Gasteiger partial charge is 0.228 e. The number of amides is 1. The topological polar surface area (TPSA) is 50.2 Å². The molecule has 1 aliphatic heterocycles. The molecule has 3 rings (SSSR count). The third-order valence-corrected chi connectivity index (χ3v) is 3.79. The third-order valence-electron chi connectivity index (χ3n) is 3.79. The Morgan fingerprint density at radius 1 is 1.36 bits per heavy atom. The summed E-state index contributed by atoms with van der Waals surface area (Å²) in [6.07, 6.45) is 2.08. The van der Waals surface area contributed by atoms with Gasteiger partial charge in [-0.25, -0.2) is 9.07 Å². The zero-order valence-corrected chi connectivity index (χ0v) is 12.5. The second kappa shape index (κ2) is 6.27. The fourth-order valence-electron chi connectivity index (χ4n) is 2.62. The van der Waals surface area contributed by atoms with Crippen molar-refractivity contribution in [1.82, 2.24) is 20.0 Å². The third kappa shape index (κ3) is 3.33. The van der Waals surface area contributed by atoms with Gasteiger partial charge in [0.25, 0.3) is 0 Å². The first-order chi connectivity index (χ1) is 10.6. The van der Waals surface area contributed by atoms with E-state index in [1.807, 2.05) is 11.0 Å². The molecule has 1 saturated heterocycles. The van der Waals surface area contributed by atoms with Crippen molar-refractivity contribution in [3.8, 4) is 5.69 Å². The van der Waals surface area contributed by atoms with Crippen LogP contribution in [0.1, 0.15) is 12.6 Å². The van der Waals surface area contributed by atoms with Crippen LogP contribution in [-0.4, -0.2) is 46.3 Å². The van der Waals surface area contributed by atoms with Gasteiger partial charge in [0, 0.05) is 31.9 Å². The summed E-state index contributed by atoms with van der Waals surface area (Å²) in [4.78, 5) is 14.2. The van der Waals surface area contributed by atoms with Gasteiger partial charge in [0.05, 0.1) is 17.8 Å². The largest absolute Gasteiger partial charge is 0.340 e. The maximum Gasteiger partial charge on any atom is 0.228 e. The minimum atomic E-state index is -0.279. The lowest BCUT2D eigenvalue weighted by atomic mass is 10.2. The number of hydrogen-bond donors (Lipinski definition) is 1. The molecule has 1 aliphatic rings. The van der Waals surface area contributed by atoms with Crippen LogP contribution in [0.5, 0.6) is 0 Å². The zero-order chi connectivity index (χ0) is 15.5. The van der Waals surface area contributed by atoms with Crippen molar-refractivity contribution in [2.45, 2.75) is 19.4 Å². The number of carbonyl (C=O) groups is 1. The Hall–Kier alpha value is -2.21. The fraction of sp³-hybridized carbons (Fsp3) is 0.375. The minimum absolute atomic E-state index is 0.0951. The molecule has 0 bridgehead atoms. The van der Waals surface area contributed by atoms with Gasteiger partial charge in [-0.1, -0.05) is 0 Å². The van der Waals surface area contributed by atoms with Gasteiger partial charge < -0.3 is 10.2 Å². The number of rotatable bonds is 3. The molecular weight excluding hydrogens is 283 g/mol. The van der Waals surface area contributed by atoms with Crippen LogP contribution < -0.4 is 5.32 Å². The number of piperazine rings is 1. The lowest BCUT2D eigenvalue weighted by Crippen LogP contribution is -2.51. The molecule has 2 heterocycles. The van der Waals surface area contributed by atoms with Gasteiger partial charge in [-0.05, 0) is 37.3 Å². The Bertz CT molecular complexity index is 652. The van der Waals surface area contributed by atoms with Crippen molar-refractivity contribution in [3.05, 3.63) is 48.0 Å². The highest BCUT2D eigenvalue weighted by molar-refractivity contribution is 5.78. The molecule has 0 unspecified atom stereocenters. The van der Waals surface area contributed by atoms with Crippen molar-refractivity contribution in [2.24, 2.45) is 0 Å². The Morgan fingerprint density at radius 2 is 2.14 bits per heavy atom. The number of hydrogen-bond acceptors (Lipinski definition) is 3. The van der Waals surface area contributed by atoms with Gasteiger partial charge in [-0.15, -0.1) is 0 Å². The Kier molecular flexibility index (Phi) is 4.20. The second-order valence-corrected chi connectivity index (χ2v) is 5.60. The highest BCUT2D eigenvalue weighted by Gasteiger charge is 2.21. The molecule has 0 spiro atoms. The first-order valence-corrected chi connectivity index (χ1v) is 7.43. The SMILES string of the molecule is C[C@H]1CN(C(=O)Cc2ccn(-c3ccc(F)cc3)n2)CCN1. The maximum atomic E-state index is 12.9. The van der Waals surface area contributed by atoms with Crippen LogP contribution >= 0.6 is 0 Å². The van der Waals surface area contributed by atoms with E-state index < -0.39 is 0 Å². The first kappa shape index (κ1) is 14.7. The van der Waals surface area contributed by atoms with Crippen molar-refractivity contribution >= 4 is 5.91 Å².